The van der Waals surface area contributed by atoms with Crippen molar-refractivity contribution >= 4 is 16.7 Å². The van der Waals surface area contributed by atoms with E-state index < -0.39 is 5.97 Å². The third-order valence-electron chi connectivity index (χ3n) is 3.72. The number of carbonyl (C=O) groups is 1. The Morgan fingerprint density at radius 2 is 2.00 bits per heavy atom. The van der Waals surface area contributed by atoms with Gasteiger partial charge in [-0.25, -0.2) is 4.79 Å². The van der Waals surface area contributed by atoms with E-state index in [4.69, 9.17) is 4.74 Å². The van der Waals surface area contributed by atoms with Crippen LogP contribution < -0.4 is 4.74 Å². The number of carboxylic acid groups (broad SMARTS) is 1. The molecule has 1 saturated heterocycles. The molecule has 1 N–H and O–H groups in total. The second-order valence-corrected chi connectivity index (χ2v) is 5.29. The van der Waals surface area contributed by atoms with E-state index in [-0.39, 0.29) is 11.7 Å². The van der Waals surface area contributed by atoms with Gasteiger partial charge < -0.3 is 14.7 Å². The predicted octanol–water partition coefficient (Wildman–Crippen LogP) is 2.62. The van der Waals surface area contributed by atoms with Crippen LogP contribution in [0.2, 0.25) is 0 Å². The summed E-state index contributed by atoms with van der Waals surface area (Å²) < 4.78 is 5.92. The van der Waals surface area contributed by atoms with E-state index in [1.807, 2.05) is 37.4 Å². The van der Waals surface area contributed by atoms with Gasteiger partial charge in [0.1, 0.15) is 17.4 Å². The summed E-state index contributed by atoms with van der Waals surface area (Å²) in [7, 11) is 2.04. The number of carboxylic acids is 1. The van der Waals surface area contributed by atoms with Crippen molar-refractivity contribution in [2.45, 2.75) is 12.5 Å². The van der Waals surface area contributed by atoms with Crippen molar-refractivity contribution in [1.82, 2.24) is 4.90 Å². The minimum absolute atomic E-state index is 0.0688. The predicted molar refractivity (Wildman–Crippen MR) is 77.4 cm³/mol. The fourth-order valence-electron chi connectivity index (χ4n) is 2.65. The zero-order chi connectivity index (χ0) is 14.1. The third-order valence-corrected chi connectivity index (χ3v) is 3.72. The Labute approximate surface area is 117 Å². The van der Waals surface area contributed by atoms with Crippen LogP contribution in [0.1, 0.15) is 16.8 Å². The number of rotatable bonds is 3. The molecule has 0 amide bonds. The van der Waals surface area contributed by atoms with E-state index in [1.54, 1.807) is 6.07 Å². The van der Waals surface area contributed by atoms with Crippen LogP contribution >= 0.6 is 0 Å². The topological polar surface area (TPSA) is 49.8 Å². The van der Waals surface area contributed by atoms with Gasteiger partial charge in [0, 0.05) is 13.1 Å². The van der Waals surface area contributed by atoms with Crippen molar-refractivity contribution in [1.29, 1.82) is 0 Å². The Hall–Kier alpha value is -2.07. The summed E-state index contributed by atoms with van der Waals surface area (Å²) in [5.74, 6) is -0.478. The summed E-state index contributed by atoms with van der Waals surface area (Å²) in [6.07, 6.45) is 1.00. The van der Waals surface area contributed by atoms with Gasteiger partial charge in [-0.15, -0.1) is 0 Å². The normalized spacial score (nSPS) is 19.4. The van der Waals surface area contributed by atoms with Crippen LogP contribution in [0, 0.1) is 0 Å². The maximum absolute atomic E-state index is 11.4. The Balaban J connectivity index is 1.99. The molecule has 4 nitrogen and oxygen atoms in total. The molecule has 1 aliphatic rings. The van der Waals surface area contributed by atoms with Crippen LogP contribution in [-0.4, -0.2) is 42.2 Å². The summed E-state index contributed by atoms with van der Waals surface area (Å²) in [5.41, 5.74) is 0.234. The van der Waals surface area contributed by atoms with Gasteiger partial charge in [0.05, 0.1) is 0 Å². The largest absolute Gasteiger partial charge is 0.488 e. The van der Waals surface area contributed by atoms with Crippen LogP contribution in [0.15, 0.2) is 36.4 Å². The first-order valence-corrected chi connectivity index (χ1v) is 6.75. The summed E-state index contributed by atoms with van der Waals surface area (Å²) in [4.78, 5) is 13.6. The molecule has 0 radical (unpaired) electrons. The maximum Gasteiger partial charge on any atom is 0.339 e. The highest BCUT2D eigenvalue weighted by Gasteiger charge is 2.23. The molecule has 0 aromatic heterocycles. The van der Waals surface area contributed by atoms with Crippen molar-refractivity contribution in [3.05, 3.63) is 42.0 Å². The van der Waals surface area contributed by atoms with Crippen molar-refractivity contribution in [3.8, 4) is 5.75 Å². The highest BCUT2D eigenvalue weighted by atomic mass is 16.5. The average Bonchev–Trinajstić information content (AvgIpc) is 2.83. The first-order valence-electron chi connectivity index (χ1n) is 6.75. The molecule has 0 aliphatic carbocycles. The first kappa shape index (κ1) is 12.9. The van der Waals surface area contributed by atoms with Gasteiger partial charge in [-0.05, 0) is 36.4 Å². The molecule has 20 heavy (non-hydrogen) atoms. The average molecular weight is 271 g/mol. The lowest BCUT2D eigenvalue weighted by Gasteiger charge is -2.16. The van der Waals surface area contributed by atoms with Crippen molar-refractivity contribution in [3.63, 3.8) is 0 Å². The molecular weight excluding hydrogens is 254 g/mol. The number of nitrogens with zero attached hydrogens (tertiary/aromatic N) is 1. The van der Waals surface area contributed by atoms with Crippen LogP contribution in [0.25, 0.3) is 10.8 Å². The second-order valence-electron chi connectivity index (χ2n) is 5.29. The van der Waals surface area contributed by atoms with E-state index >= 15 is 0 Å². The molecule has 1 atom stereocenters. The van der Waals surface area contributed by atoms with Gasteiger partial charge in [0.15, 0.2) is 0 Å². The van der Waals surface area contributed by atoms with Crippen LogP contribution in [-0.2, 0) is 0 Å². The number of fused-ring (bicyclic) bond motifs is 1. The van der Waals surface area contributed by atoms with Crippen LogP contribution in [0.3, 0.4) is 0 Å². The molecule has 1 heterocycles. The van der Waals surface area contributed by atoms with E-state index in [1.165, 1.54) is 0 Å². The molecule has 0 saturated carbocycles. The first-order chi connectivity index (χ1) is 9.63. The van der Waals surface area contributed by atoms with Gasteiger partial charge in [0.2, 0.25) is 0 Å². The highest BCUT2D eigenvalue weighted by molar-refractivity contribution is 5.97. The Kier molecular flexibility index (Phi) is 3.32. The number of aromatic carboxylic acids is 1. The van der Waals surface area contributed by atoms with E-state index in [0.29, 0.717) is 5.75 Å². The van der Waals surface area contributed by atoms with Gasteiger partial charge in [-0.1, -0.05) is 24.3 Å². The number of benzene rings is 2. The van der Waals surface area contributed by atoms with Crippen molar-refractivity contribution in [2.75, 3.05) is 20.1 Å². The van der Waals surface area contributed by atoms with Crippen LogP contribution in [0.5, 0.6) is 5.75 Å². The lowest BCUT2D eigenvalue weighted by molar-refractivity contribution is 0.0689. The Bertz CT molecular complexity index is 653. The minimum Gasteiger partial charge on any atom is -0.488 e. The van der Waals surface area contributed by atoms with E-state index in [2.05, 4.69) is 4.90 Å². The lowest BCUT2D eigenvalue weighted by atomic mass is 10.1. The molecule has 2 aromatic rings. The highest BCUT2D eigenvalue weighted by Crippen LogP contribution is 2.28. The van der Waals surface area contributed by atoms with E-state index in [0.717, 1.165) is 30.3 Å². The smallest absolute Gasteiger partial charge is 0.339 e. The SMILES string of the molecule is CN1CCC(Oc2cc3ccccc3cc2C(=O)O)C1. The molecule has 1 aliphatic heterocycles. The second kappa shape index (κ2) is 5.13. The third kappa shape index (κ3) is 2.47. The van der Waals surface area contributed by atoms with Crippen molar-refractivity contribution in [2.24, 2.45) is 0 Å². The number of likely N-dealkylation sites (tertiary alicyclic amines) is 1. The fourth-order valence-corrected chi connectivity index (χ4v) is 2.65. The van der Waals surface area contributed by atoms with E-state index in [9.17, 15) is 9.90 Å². The molecular formula is C16H17NO3. The van der Waals surface area contributed by atoms with Gasteiger partial charge in [-0.2, -0.15) is 0 Å². The monoisotopic (exact) mass is 271 g/mol. The molecule has 1 unspecified atom stereocenters. The molecule has 0 bridgehead atoms. The standard InChI is InChI=1S/C16H17NO3/c1-17-7-6-13(10-17)20-15-9-12-5-3-2-4-11(12)8-14(15)16(18)19/h2-5,8-9,13H,6-7,10H2,1H3,(H,18,19). The van der Waals surface area contributed by atoms with Gasteiger partial charge >= 0.3 is 5.97 Å². The molecule has 4 heteroatoms. The quantitative estimate of drug-likeness (QED) is 0.932. The van der Waals surface area contributed by atoms with Gasteiger partial charge in [0.25, 0.3) is 0 Å². The fraction of sp³-hybridized carbons (Fsp3) is 0.312. The Morgan fingerprint density at radius 1 is 1.30 bits per heavy atom. The minimum atomic E-state index is -0.947. The number of likely N-dealkylation sites (N-methyl/N-ethyl adjacent to an activating group) is 1. The zero-order valence-corrected chi connectivity index (χ0v) is 11.4. The molecule has 1 fully saturated rings. The molecule has 104 valence electrons. The number of ether oxygens (including phenoxy) is 1. The summed E-state index contributed by atoms with van der Waals surface area (Å²) in [6, 6.07) is 11.2. The molecule has 2 aromatic carbocycles. The maximum atomic E-state index is 11.4. The van der Waals surface area contributed by atoms with Crippen LogP contribution in [0.4, 0.5) is 0 Å². The number of hydrogen-bond acceptors (Lipinski definition) is 3. The summed E-state index contributed by atoms with van der Waals surface area (Å²) in [5, 5.41) is 11.3. The molecule has 3 rings (SSSR count). The summed E-state index contributed by atoms with van der Waals surface area (Å²) >= 11 is 0. The van der Waals surface area contributed by atoms with Crippen molar-refractivity contribution < 1.29 is 14.6 Å². The zero-order valence-electron chi connectivity index (χ0n) is 11.4. The lowest BCUT2D eigenvalue weighted by Crippen LogP contribution is -2.22. The van der Waals surface area contributed by atoms with Gasteiger partial charge in [-0.3, -0.25) is 0 Å². The number of hydrogen-bond donors (Lipinski definition) is 1. The summed E-state index contributed by atoms with van der Waals surface area (Å²) in [6.45, 7) is 1.83. The molecule has 0 spiro atoms. The Morgan fingerprint density at radius 3 is 2.60 bits per heavy atom.